The average Bonchev–Trinajstić information content (AvgIpc) is 2.83. The fourth-order valence-corrected chi connectivity index (χ4v) is 2.30. The van der Waals surface area contributed by atoms with Crippen molar-refractivity contribution in [3.05, 3.63) is 29.4 Å². The molecule has 0 aliphatic carbocycles. The van der Waals surface area contributed by atoms with Crippen molar-refractivity contribution in [2.45, 2.75) is 6.92 Å². The Morgan fingerprint density at radius 3 is 2.71 bits per heavy atom. The van der Waals surface area contributed by atoms with Crippen LogP contribution in [-0.4, -0.2) is 27.9 Å². The fourth-order valence-electron chi connectivity index (χ4n) is 1.42. The third-order valence-electron chi connectivity index (χ3n) is 2.27. The molecule has 0 radical (unpaired) electrons. The molecule has 2 aromatic rings. The monoisotopic (exact) mass is 248 g/mol. The lowest BCUT2D eigenvalue weighted by Crippen LogP contribution is -1.94. The smallest absolute Gasteiger partial charge is 0.183 e. The van der Waals surface area contributed by atoms with Gasteiger partial charge in [0.25, 0.3) is 0 Å². The van der Waals surface area contributed by atoms with Gasteiger partial charge < -0.3 is 10.5 Å². The Kier molecular flexibility index (Phi) is 3.34. The summed E-state index contributed by atoms with van der Waals surface area (Å²) in [7, 11) is 1.81. The summed E-state index contributed by atoms with van der Waals surface area (Å²) in [6.07, 6.45) is 3.42. The number of oxime groups is 1. The molecule has 0 amide bonds. The highest BCUT2D eigenvalue weighted by Gasteiger charge is 2.15. The summed E-state index contributed by atoms with van der Waals surface area (Å²) in [6, 6.07) is 3.76. The molecule has 0 aliphatic heterocycles. The highest BCUT2D eigenvalue weighted by atomic mass is 32.1. The molecular formula is C11H12N4OS. The predicted octanol–water partition coefficient (Wildman–Crippen LogP) is 2.45. The number of pyridine rings is 1. The summed E-state index contributed by atoms with van der Waals surface area (Å²) < 4.78 is 0. The van der Waals surface area contributed by atoms with E-state index in [4.69, 9.17) is 5.21 Å². The lowest BCUT2D eigenvalue weighted by atomic mass is 10.1. The maximum atomic E-state index is 8.88. The summed E-state index contributed by atoms with van der Waals surface area (Å²) in [4.78, 5) is 9.28. The van der Waals surface area contributed by atoms with Gasteiger partial charge in [-0.15, -0.1) is 0 Å². The molecular weight excluding hydrogens is 236 g/mol. The Morgan fingerprint density at radius 2 is 2.12 bits per heavy atom. The summed E-state index contributed by atoms with van der Waals surface area (Å²) in [5.41, 5.74) is 2.31. The van der Waals surface area contributed by atoms with Crippen LogP contribution in [0, 0.1) is 0 Å². The topological polar surface area (TPSA) is 70.4 Å². The summed E-state index contributed by atoms with van der Waals surface area (Å²) in [6.45, 7) is 1.75. The van der Waals surface area contributed by atoms with E-state index in [1.165, 1.54) is 11.3 Å². The van der Waals surface area contributed by atoms with Gasteiger partial charge >= 0.3 is 0 Å². The van der Waals surface area contributed by atoms with Crippen LogP contribution in [0.5, 0.6) is 0 Å². The van der Waals surface area contributed by atoms with Crippen molar-refractivity contribution in [1.82, 2.24) is 9.97 Å². The molecule has 0 aliphatic rings. The van der Waals surface area contributed by atoms with Crippen LogP contribution in [0.25, 0.3) is 11.3 Å². The van der Waals surface area contributed by atoms with Crippen molar-refractivity contribution >= 4 is 22.2 Å². The van der Waals surface area contributed by atoms with Crippen LogP contribution in [-0.2, 0) is 0 Å². The number of hydrogen-bond acceptors (Lipinski definition) is 6. The second-order valence-electron chi connectivity index (χ2n) is 3.37. The molecule has 17 heavy (non-hydrogen) atoms. The molecule has 2 N–H and O–H groups in total. The molecule has 0 atom stereocenters. The van der Waals surface area contributed by atoms with Gasteiger partial charge in [0.2, 0.25) is 0 Å². The van der Waals surface area contributed by atoms with Gasteiger partial charge in [0.05, 0.1) is 16.3 Å². The van der Waals surface area contributed by atoms with E-state index in [2.05, 4.69) is 20.4 Å². The normalized spacial score (nSPS) is 11.5. The summed E-state index contributed by atoms with van der Waals surface area (Å²) >= 11 is 1.45. The van der Waals surface area contributed by atoms with Crippen molar-refractivity contribution in [2.24, 2.45) is 5.16 Å². The first kappa shape index (κ1) is 11.5. The maximum Gasteiger partial charge on any atom is 0.183 e. The molecule has 88 valence electrons. The Bertz CT molecular complexity index is 536. The van der Waals surface area contributed by atoms with Crippen molar-refractivity contribution < 1.29 is 5.21 Å². The molecule has 2 aromatic heterocycles. The van der Waals surface area contributed by atoms with E-state index >= 15 is 0 Å². The van der Waals surface area contributed by atoms with Crippen LogP contribution in [0.15, 0.2) is 29.7 Å². The van der Waals surface area contributed by atoms with Gasteiger partial charge in [-0.2, -0.15) is 0 Å². The molecule has 6 heteroatoms. The zero-order valence-electron chi connectivity index (χ0n) is 9.51. The molecule has 0 fully saturated rings. The Hall–Kier alpha value is -1.95. The molecule has 0 spiro atoms. The van der Waals surface area contributed by atoms with E-state index in [1.54, 1.807) is 19.3 Å². The van der Waals surface area contributed by atoms with E-state index in [0.717, 1.165) is 21.3 Å². The molecule has 0 unspecified atom stereocenters. The second kappa shape index (κ2) is 4.92. The first-order valence-corrected chi connectivity index (χ1v) is 5.86. The first-order chi connectivity index (χ1) is 8.26. The van der Waals surface area contributed by atoms with E-state index in [-0.39, 0.29) is 0 Å². The van der Waals surface area contributed by atoms with Crippen molar-refractivity contribution in [1.29, 1.82) is 0 Å². The zero-order chi connectivity index (χ0) is 12.3. The zero-order valence-corrected chi connectivity index (χ0v) is 10.3. The third-order valence-corrected chi connectivity index (χ3v) is 3.46. The minimum absolute atomic E-state index is 0.552. The molecule has 0 saturated carbocycles. The number of anilines is 1. The average molecular weight is 248 g/mol. The van der Waals surface area contributed by atoms with Crippen molar-refractivity contribution in [3.63, 3.8) is 0 Å². The van der Waals surface area contributed by atoms with Crippen LogP contribution in [0.4, 0.5) is 5.13 Å². The minimum Gasteiger partial charge on any atom is -0.411 e. The maximum absolute atomic E-state index is 8.88. The summed E-state index contributed by atoms with van der Waals surface area (Å²) in [5, 5.41) is 15.9. The van der Waals surface area contributed by atoms with Crippen LogP contribution in [0.2, 0.25) is 0 Å². The minimum atomic E-state index is 0.552. The molecule has 0 bridgehead atoms. The van der Waals surface area contributed by atoms with Gasteiger partial charge in [0.15, 0.2) is 5.13 Å². The van der Waals surface area contributed by atoms with Crippen LogP contribution in [0.3, 0.4) is 0 Å². The lowest BCUT2D eigenvalue weighted by molar-refractivity contribution is 0.319. The van der Waals surface area contributed by atoms with Crippen LogP contribution in [0.1, 0.15) is 11.8 Å². The van der Waals surface area contributed by atoms with E-state index in [0.29, 0.717) is 5.71 Å². The van der Waals surface area contributed by atoms with Crippen molar-refractivity contribution in [3.8, 4) is 11.3 Å². The van der Waals surface area contributed by atoms with Gasteiger partial charge in [-0.05, 0) is 19.1 Å². The molecule has 0 saturated heterocycles. The Labute approximate surface area is 103 Å². The SMILES string of the molecule is CNc1nc(-c2ccncc2)c(/C(C)=N/O)s1. The molecule has 2 heterocycles. The standard InChI is InChI=1S/C11H12N4OS/c1-7(15-16)10-9(14-11(12-2)17-10)8-3-5-13-6-4-8/h3-6,16H,1-2H3,(H,12,14)/b15-7+. The van der Waals surface area contributed by atoms with Crippen LogP contribution >= 0.6 is 11.3 Å². The van der Waals surface area contributed by atoms with Crippen molar-refractivity contribution in [2.75, 3.05) is 12.4 Å². The number of nitrogens with one attached hydrogen (secondary N) is 1. The molecule has 5 nitrogen and oxygen atoms in total. The predicted molar refractivity (Wildman–Crippen MR) is 68.9 cm³/mol. The van der Waals surface area contributed by atoms with Gasteiger partial charge in [-0.1, -0.05) is 16.5 Å². The Morgan fingerprint density at radius 1 is 1.41 bits per heavy atom. The number of thiazole rings is 1. The number of rotatable bonds is 3. The highest BCUT2D eigenvalue weighted by molar-refractivity contribution is 7.18. The van der Waals surface area contributed by atoms with E-state index < -0.39 is 0 Å². The lowest BCUT2D eigenvalue weighted by Gasteiger charge is -1.99. The Balaban J connectivity index is 2.56. The fraction of sp³-hybridized carbons (Fsp3) is 0.182. The quantitative estimate of drug-likeness (QED) is 0.497. The van der Waals surface area contributed by atoms with E-state index in [9.17, 15) is 0 Å². The van der Waals surface area contributed by atoms with Gasteiger partial charge in [-0.25, -0.2) is 4.98 Å². The molecule has 2 rings (SSSR count). The second-order valence-corrected chi connectivity index (χ2v) is 4.37. The van der Waals surface area contributed by atoms with Gasteiger partial charge in [-0.3, -0.25) is 4.98 Å². The first-order valence-electron chi connectivity index (χ1n) is 5.04. The third kappa shape index (κ3) is 2.26. The largest absolute Gasteiger partial charge is 0.411 e. The van der Waals surface area contributed by atoms with Gasteiger partial charge in [0, 0.05) is 25.0 Å². The van der Waals surface area contributed by atoms with Gasteiger partial charge in [0.1, 0.15) is 0 Å². The number of aromatic nitrogens is 2. The number of nitrogens with zero attached hydrogens (tertiary/aromatic N) is 3. The highest BCUT2D eigenvalue weighted by Crippen LogP contribution is 2.31. The van der Waals surface area contributed by atoms with E-state index in [1.807, 2.05) is 19.2 Å². The summed E-state index contributed by atoms with van der Waals surface area (Å²) in [5.74, 6) is 0. The number of hydrogen-bond donors (Lipinski definition) is 2. The van der Waals surface area contributed by atoms with Crippen LogP contribution < -0.4 is 5.32 Å². The molecule has 0 aromatic carbocycles.